The third kappa shape index (κ3) is 2.83. The van der Waals surface area contributed by atoms with E-state index in [4.69, 9.17) is 0 Å². The molecule has 0 fully saturated rings. The van der Waals surface area contributed by atoms with E-state index in [1.165, 1.54) is 0 Å². The zero-order chi connectivity index (χ0) is 10.4. The van der Waals surface area contributed by atoms with Gasteiger partial charge >= 0.3 is 0 Å². The van der Waals surface area contributed by atoms with E-state index in [0.717, 1.165) is 18.5 Å². The third-order valence-corrected chi connectivity index (χ3v) is 1.98. The second kappa shape index (κ2) is 5.37. The van der Waals surface area contributed by atoms with Crippen molar-refractivity contribution in [3.05, 3.63) is 29.6 Å². The van der Waals surface area contributed by atoms with Crippen LogP contribution in [0.3, 0.4) is 0 Å². The van der Waals surface area contributed by atoms with Crippen molar-refractivity contribution in [1.82, 2.24) is 10.3 Å². The SMILES string of the molecule is CCCNC(=O)c1ccc(CC)nc1. The van der Waals surface area contributed by atoms with E-state index < -0.39 is 0 Å². The fourth-order valence-corrected chi connectivity index (χ4v) is 1.11. The number of nitrogens with one attached hydrogen (secondary N) is 1. The molecule has 3 heteroatoms. The number of aromatic nitrogens is 1. The minimum absolute atomic E-state index is 0.0398. The lowest BCUT2D eigenvalue weighted by atomic mass is 10.2. The van der Waals surface area contributed by atoms with E-state index in [9.17, 15) is 4.79 Å². The largest absolute Gasteiger partial charge is 0.352 e. The summed E-state index contributed by atoms with van der Waals surface area (Å²) in [6.45, 7) is 4.78. The van der Waals surface area contributed by atoms with Crippen molar-refractivity contribution in [3.8, 4) is 0 Å². The number of carbonyl (C=O) groups excluding carboxylic acids is 1. The van der Waals surface area contributed by atoms with Crippen molar-refractivity contribution in [1.29, 1.82) is 0 Å². The first-order valence-corrected chi connectivity index (χ1v) is 5.01. The predicted octanol–water partition coefficient (Wildman–Crippen LogP) is 1.78. The predicted molar refractivity (Wildman–Crippen MR) is 56.2 cm³/mol. The number of hydrogen-bond acceptors (Lipinski definition) is 2. The maximum atomic E-state index is 11.5. The number of hydrogen-bond donors (Lipinski definition) is 1. The van der Waals surface area contributed by atoms with E-state index >= 15 is 0 Å². The summed E-state index contributed by atoms with van der Waals surface area (Å²) in [5.74, 6) is -0.0398. The van der Waals surface area contributed by atoms with E-state index in [-0.39, 0.29) is 5.91 Å². The molecule has 1 N–H and O–H groups in total. The first kappa shape index (κ1) is 10.7. The van der Waals surface area contributed by atoms with E-state index in [0.29, 0.717) is 12.1 Å². The van der Waals surface area contributed by atoms with Gasteiger partial charge in [0.05, 0.1) is 5.56 Å². The molecule has 1 rings (SSSR count). The zero-order valence-corrected chi connectivity index (χ0v) is 8.71. The average molecular weight is 192 g/mol. The van der Waals surface area contributed by atoms with Gasteiger partial charge in [-0.2, -0.15) is 0 Å². The summed E-state index contributed by atoms with van der Waals surface area (Å²) in [7, 11) is 0. The van der Waals surface area contributed by atoms with E-state index in [1.54, 1.807) is 6.20 Å². The molecule has 0 saturated carbocycles. The lowest BCUT2D eigenvalue weighted by molar-refractivity contribution is 0.0953. The molecule has 0 aliphatic carbocycles. The molecular weight excluding hydrogens is 176 g/mol. The molecule has 0 unspecified atom stereocenters. The summed E-state index contributed by atoms with van der Waals surface area (Å²) >= 11 is 0. The summed E-state index contributed by atoms with van der Waals surface area (Å²) in [5, 5.41) is 2.81. The minimum atomic E-state index is -0.0398. The number of pyridine rings is 1. The lowest BCUT2D eigenvalue weighted by Gasteiger charge is -2.03. The fraction of sp³-hybridized carbons (Fsp3) is 0.455. The van der Waals surface area contributed by atoms with Crippen LogP contribution in [0, 0.1) is 0 Å². The third-order valence-electron chi connectivity index (χ3n) is 1.98. The maximum absolute atomic E-state index is 11.5. The molecule has 0 radical (unpaired) electrons. The molecule has 14 heavy (non-hydrogen) atoms. The molecule has 1 aromatic heterocycles. The summed E-state index contributed by atoms with van der Waals surface area (Å²) in [5.41, 5.74) is 1.65. The van der Waals surface area contributed by atoms with Gasteiger partial charge < -0.3 is 5.32 Å². The Morgan fingerprint density at radius 3 is 2.71 bits per heavy atom. The molecule has 0 aromatic carbocycles. The second-order valence-electron chi connectivity index (χ2n) is 3.15. The Hall–Kier alpha value is -1.38. The van der Waals surface area contributed by atoms with Gasteiger partial charge in [0.2, 0.25) is 0 Å². The van der Waals surface area contributed by atoms with Gasteiger partial charge in [-0.05, 0) is 25.0 Å². The highest BCUT2D eigenvalue weighted by molar-refractivity contribution is 5.93. The van der Waals surface area contributed by atoms with Gasteiger partial charge in [0.1, 0.15) is 0 Å². The van der Waals surface area contributed by atoms with Crippen LogP contribution in [0.25, 0.3) is 0 Å². The number of nitrogens with zero attached hydrogens (tertiary/aromatic N) is 1. The fourth-order valence-electron chi connectivity index (χ4n) is 1.11. The van der Waals surface area contributed by atoms with Crippen LogP contribution in [0.5, 0.6) is 0 Å². The van der Waals surface area contributed by atoms with Crippen LogP contribution < -0.4 is 5.32 Å². The quantitative estimate of drug-likeness (QED) is 0.790. The number of amides is 1. The number of rotatable bonds is 4. The standard InChI is InChI=1S/C11H16N2O/c1-3-7-12-11(14)9-5-6-10(4-2)13-8-9/h5-6,8H,3-4,7H2,1-2H3,(H,12,14). The van der Waals surface area contributed by atoms with Gasteiger partial charge in [-0.25, -0.2) is 0 Å². The summed E-state index contributed by atoms with van der Waals surface area (Å²) < 4.78 is 0. The molecule has 0 aliphatic heterocycles. The van der Waals surface area contributed by atoms with Gasteiger partial charge in [-0.3, -0.25) is 9.78 Å². The molecule has 0 saturated heterocycles. The topological polar surface area (TPSA) is 42.0 Å². The van der Waals surface area contributed by atoms with Gasteiger partial charge in [0.15, 0.2) is 0 Å². The van der Waals surface area contributed by atoms with E-state index in [1.807, 2.05) is 26.0 Å². The van der Waals surface area contributed by atoms with Crippen molar-refractivity contribution < 1.29 is 4.79 Å². The molecule has 3 nitrogen and oxygen atoms in total. The Balaban J connectivity index is 2.62. The molecule has 0 atom stereocenters. The minimum Gasteiger partial charge on any atom is -0.352 e. The van der Waals surface area contributed by atoms with Crippen LogP contribution in [-0.2, 0) is 6.42 Å². The van der Waals surface area contributed by atoms with Gasteiger partial charge in [-0.15, -0.1) is 0 Å². The van der Waals surface area contributed by atoms with Crippen LogP contribution in [0.2, 0.25) is 0 Å². The van der Waals surface area contributed by atoms with Crippen LogP contribution in [0.4, 0.5) is 0 Å². The van der Waals surface area contributed by atoms with Crippen molar-refractivity contribution in [2.45, 2.75) is 26.7 Å². The lowest BCUT2D eigenvalue weighted by Crippen LogP contribution is -2.24. The van der Waals surface area contributed by atoms with Crippen molar-refractivity contribution >= 4 is 5.91 Å². The Morgan fingerprint density at radius 1 is 1.43 bits per heavy atom. The molecular formula is C11H16N2O. The maximum Gasteiger partial charge on any atom is 0.252 e. The van der Waals surface area contributed by atoms with Crippen LogP contribution in [-0.4, -0.2) is 17.4 Å². The molecule has 1 aromatic rings. The van der Waals surface area contributed by atoms with Crippen molar-refractivity contribution in [2.24, 2.45) is 0 Å². The highest BCUT2D eigenvalue weighted by Gasteiger charge is 2.03. The molecule has 76 valence electrons. The Kier molecular flexibility index (Phi) is 4.11. The van der Waals surface area contributed by atoms with E-state index in [2.05, 4.69) is 10.3 Å². The summed E-state index contributed by atoms with van der Waals surface area (Å²) in [6, 6.07) is 3.71. The van der Waals surface area contributed by atoms with Crippen LogP contribution in [0.1, 0.15) is 36.3 Å². The second-order valence-corrected chi connectivity index (χ2v) is 3.15. The molecule has 1 amide bonds. The normalized spacial score (nSPS) is 9.86. The number of aryl methyl sites for hydroxylation is 1. The molecule has 0 bridgehead atoms. The van der Waals surface area contributed by atoms with Crippen LogP contribution in [0.15, 0.2) is 18.3 Å². The Morgan fingerprint density at radius 2 is 2.21 bits per heavy atom. The number of carbonyl (C=O) groups is 1. The average Bonchev–Trinajstić information content (AvgIpc) is 2.26. The highest BCUT2D eigenvalue weighted by Crippen LogP contribution is 2.00. The first-order valence-electron chi connectivity index (χ1n) is 5.01. The smallest absolute Gasteiger partial charge is 0.252 e. The highest BCUT2D eigenvalue weighted by atomic mass is 16.1. The monoisotopic (exact) mass is 192 g/mol. The zero-order valence-electron chi connectivity index (χ0n) is 8.71. The Labute approximate surface area is 84.6 Å². The van der Waals surface area contributed by atoms with Crippen molar-refractivity contribution in [3.63, 3.8) is 0 Å². The first-order chi connectivity index (χ1) is 6.77. The summed E-state index contributed by atoms with van der Waals surface area (Å²) in [4.78, 5) is 15.6. The van der Waals surface area contributed by atoms with Gasteiger partial charge in [-0.1, -0.05) is 13.8 Å². The molecule has 0 spiro atoms. The molecule has 0 aliphatic rings. The summed E-state index contributed by atoms with van der Waals surface area (Å²) in [6.07, 6.45) is 3.48. The molecule has 1 heterocycles. The Bertz CT molecular complexity index is 293. The van der Waals surface area contributed by atoms with Crippen LogP contribution >= 0.6 is 0 Å². The van der Waals surface area contributed by atoms with Gasteiger partial charge in [0.25, 0.3) is 5.91 Å². The van der Waals surface area contributed by atoms with Crippen molar-refractivity contribution in [2.75, 3.05) is 6.54 Å². The van der Waals surface area contributed by atoms with Gasteiger partial charge in [0, 0.05) is 18.4 Å².